The summed E-state index contributed by atoms with van der Waals surface area (Å²) in [5, 5.41) is 4.65. The Morgan fingerprint density at radius 1 is 1.23 bits per heavy atom. The zero-order valence-corrected chi connectivity index (χ0v) is 13.4. The van der Waals surface area contributed by atoms with Crippen LogP contribution in [0, 0.1) is 0 Å². The second kappa shape index (κ2) is 7.82. The third-order valence-electron chi connectivity index (χ3n) is 2.74. The molecule has 0 aliphatic heterocycles. The maximum atomic E-state index is 12.0. The molecule has 6 heteroatoms. The standard InChI is InChI=1S/C16H14Cl2N2O2/c1-2-22-13-6-3-11(4-7-13)10-19-20-16(21)14-9-12(17)5-8-15(14)18/h3-10H,2H2,1H3,(H,20,21)/b19-10-. The van der Waals surface area contributed by atoms with Crippen molar-refractivity contribution in [3.8, 4) is 5.75 Å². The highest BCUT2D eigenvalue weighted by molar-refractivity contribution is 6.35. The molecule has 0 aliphatic rings. The number of rotatable bonds is 5. The highest BCUT2D eigenvalue weighted by atomic mass is 35.5. The Bertz CT molecular complexity index is 685. The number of nitrogens with one attached hydrogen (secondary N) is 1. The summed E-state index contributed by atoms with van der Waals surface area (Å²) in [4.78, 5) is 12.0. The smallest absolute Gasteiger partial charge is 0.272 e. The minimum atomic E-state index is -0.422. The van der Waals surface area contributed by atoms with Crippen molar-refractivity contribution in [1.82, 2.24) is 5.43 Å². The van der Waals surface area contributed by atoms with Gasteiger partial charge in [-0.25, -0.2) is 5.43 Å². The monoisotopic (exact) mass is 336 g/mol. The van der Waals surface area contributed by atoms with Crippen molar-refractivity contribution in [1.29, 1.82) is 0 Å². The van der Waals surface area contributed by atoms with E-state index in [-0.39, 0.29) is 5.56 Å². The number of ether oxygens (including phenoxy) is 1. The molecule has 1 N–H and O–H groups in total. The summed E-state index contributed by atoms with van der Waals surface area (Å²) < 4.78 is 5.34. The maximum Gasteiger partial charge on any atom is 0.272 e. The van der Waals surface area contributed by atoms with Gasteiger partial charge in [-0.1, -0.05) is 23.2 Å². The predicted molar refractivity (Wildman–Crippen MR) is 89.1 cm³/mol. The van der Waals surface area contributed by atoms with Crippen LogP contribution in [-0.2, 0) is 0 Å². The van der Waals surface area contributed by atoms with E-state index in [0.29, 0.717) is 16.7 Å². The van der Waals surface area contributed by atoms with E-state index < -0.39 is 5.91 Å². The van der Waals surface area contributed by atoms with Crippen LogP contribution < -0.4 is 10.2 Å². The molecular formula is C16H14Cl2N2O2. The molecule has 0 radical (unpaired) electrons. The van der Waals surface area contributed by atoms with Crippen molar-refractivity contribution in [2.75, 3.05) is 6.61 Å². The van der Waals surface area contributed by atoms with Crippen LogP contribution in [0.3, 0.4) is 0 Å². The van der Waals surface area contributed by atoms with E-state index in [9.17, 15) is 4.79 Å². The van der Waals surface area contributed by atoms with E-state index in [1.165, 1.54) is 12.3 Å². The Balaban J connectivity index is 1.99. The van der Waals surface area contributed by atoms with Gasteiger partial charge in [0.25, 0.3) is 5.91 Å². The Morgan fingerprint density at radius 3 is 2.64 bits per heavy atom. The Hall–Kier alpha value is -2.04. The first-order valence-corrected chi connectivity index (χ1v) is 7.37. The number of carbonyl (C=O) groups is 1. The average Bonchev–Trinajstić information content (AvgIpc) is 2.51. The van der Waals surface area contributed by atoms with Gasteiger partial charge in [-0.2, -0.15) is 5.10 Å². The second-order valence-electron chi connectivity index (χ2n) is 4.33. The van der Waals surface area contributed by atoms with Crippen molar-refractivity contribution in [3.05, 3.63) is 63.6 Å². The van der Waals surface area contributed by atoms with Crippen molar-refractivity contribution in [2.24, 2.45) is 5.10 Å². The molecule has 0 saturated heterocycles. The molecule has 0 spiro atoms. The molecule has 0 aliphatic carbocycles. The fourth-order valence-corrected chi connectivity index (χ4v) is 2.09. The number of amides is 1. The van der Waals surface area contributed by atoms with Gasteiger partial charge in [-0.05, 0) is 55.0 Å². The van der Waals surface area contributed by atoms with Crippen LogP contribution >= 0.6 is 23.2 Å². The van der Waals surface area contributed by atoms with Crippen molar-refractivity contribution < 1.29 is 9.53 Å². The van der Waals surface area contributed by atoms with E-state index in [2.05, 4.69) is 10.5 Å². The van der Waals surface area contributed by atoms with Crippen LogP contribution in [0.15, 0.2) is 47.6 Å². The number of hydrazone groups is 1. The molecule has 0 aromatic heterocycles. The van der Waals surface area contributed by atoms with Gasteiger partial charge in [0.1, 0.15) is 5.75 Å². The summed E-state index contributed by atoms with van der Waals surface area (Å²) in [6, 6.07) is 12.0. The summed E-state index contributed by atoms with van der Waals surface area (Å²) in [5.41, 5.74) is 3.52. The van der Waals surface area contributed by atoms with E-state index >= 15 is 0 Å². The van der Waals surface area contributed by atoms with Gasteiger partial charge >= 0.3 is 0 Å². The summed E-state index contributed by atoms with van der Waals surface area (Å²) in [5.74, 6) is 0.365. The molecular weight excluding hydrogens is 323 g/mol. The highest BCUT2D eigenvalue weighted by Gasteiger charge is 2.09. The first-order chi connectivity index (χ1) is 10.6. The maximum absolute atomic E-state index is 12.0. The van der Waals surface area contributed by atoms with Gasteiger partial charge in [-0.15, -0.1) is 0 Å². The molecule has 0 saturated carbocycles. The van der Waals surface area contributed by atoms with Crippen LogP contribution in [0.2, 0.25) is 10.0 Å². The van der Waals surface area contributed by atoms with E-state index in [1.807, 2.05) is 31.2 Å². The fourth-order valence-electron chi connectivity index (χ4n) is 1.71. The zero-order valence-electron chi connectivity index (χ0n) is 11.8. The Morgan fingerprint density at radius 2 is 1.95 bits per heavy atom. The lowest BCUT2D eigenvalue weighted by atomic mass is 10.2. The number of hydrogen-bond acceptors (Lipinski definition) is 3. The van der Waals surface area contributed by atoms with Crippen molar-refractivity contribution >= 4 is 35.3 Å². The number of carbonyl (C=O) groups excluding carboxylic acids is 1. The summed E-state index contributed by atoms with van der Waals surface area (Å²) in [6.07, 6.45) is 1.53. The summed E-state index contributed by atoms with van der Waals surface area (Å²) in [6.45, 7) is 2.54. The Kier molecular flexibility index (Phi) is 5.81. The Labute approximate surface area is 138 Å². The zero-order chi connectivity index (χ0) is 15.9. The number of hydrogen-bond donors (Lipinski definition) is 1. The molecule has 4 nitrogen and oxygen atoms in total. The van der Waals surface area contributed by atoms with Crippen LogP contribution in [0.25, 0.3) is 0 Å². The van der Waals surface area contributed by atoms with E-state index in [1.54, 1.807) is 12.1 Å². The molecule has 2 rings (SSSR count). The number of benzene rings is 2. The lowest BCUT2D eigenvalue weighted by molar-refractivity contribution is 0.0955. The molecule has 0 heterocycles. The summed E-state index contributed by atoms with van der Waals surface area (Å²) >= 11 is 11.8. The van der Waals surface area contributed by atoms with Gasteiger partial charge in [0, 0.05) is 5.02 Å². The molecule has 22 heavy (non-hydrogen) atoms. The minimum absolute atomic E-state index is 0.276. The largest absolute Gasteiger partial charge is 0.494 e. The van der Waals surface area contributed by atoms with E-state index in [0.717, 1.165) is 11.3 Å². The molecule has 0 atom stereocenters. The van der Waals surface area contributed by atoms with Crippen molar-refractivity contribution in [2.45, 2.75) is 6.92 Å². The average molecular weight is 337 g/mol. The molecule has 1 amide bonds. The minimum Gasteiger partial charge on any atom is -0.494 e. The lowest BCUT2D eigenvalue weighted by Gasteiger charge is -2.03. The van der Waals surface area contributed by atoms with Gasteiger partial charge in [0.2, 0.25) is 0 Å². The van der Waals surface area contributed by atoms with Crippen LogP contribution in [0.4, 0.5) is 0 Å². The second-order valence-corrected chi connectivity index (χ2v) is 5.17. The highest BCUT2D eigenvalue weighted by Crippen LogP contribution is 2.20. The molecule has 2 aromatic carbocycles. The van der Waals surface area contributed by atoms with Gasteiger partial charge in [0.05, 0.1) is 23.4 Å². The topological polar surface area (TPSA) is 50.7 Å². The lowest BCUT2D eigenvalue weighted by Crippen LogP contribution is -2.18. The van der Waals surface area contributed by atoms with Gasteiger partial charge in [-0.3, -0.25) is 4.79 Å². The fraction of sp³-hybridized carbons (Fsp3) is 0.125. The SMILES string of the molecule is CCOc1ccc(/C=N\NC(=O)c2cc(Cl)ccc2Cl)cc1. The molecule has 0 bridgehead atoms. The normalized spacial score (nSPS) is 10.7. The molecule has 2 aromatic rings. The predicted octanol–water partition coefficient (Wildman–Crippen LogP) is 4.16. The van der Waals surface area contributed by atoms with Crippen molar-refractivity contribution in [3.63, 3.8) is 0 Å². The van der Waals surface area contributed by atoms with Crippen LogP contribution in [-0.4, -0.2) is 18.7 Å². The third kappa shape index (κ3) is 4.48. The number of halogens is 2. The first-order valence-electron chi connectivity index (χ1n) is 6.61. The van der Waals surface area contributed by atoms with Crippen LogP contribution in [0.1, 0.15) is 22.8 Å². The van der Waals surface area contributed by atoms with Gasteiger partial charge < -0.3 is 4.74 Å². The first kappa shape index (κ1) is 16.3. The molecule has 0 unspecified atom stereocenters. The quantitative estimate of drug-likeness (QED) is 0.658. The third-order valence-corrected chi connectivity index (χ3v) is 3.31. The van der Waals surface area contributed by atoms with Crippen LogP contribution in [0.5, 0.6) is 5.75 Å². The van der Waals surface area contributed by atoms with E-state index in [4.69, 9.17) is 27.9 Å². The molecule has 114 valence electrons. The number of nitrogens with zero attached hydrogens (tertiary/aromatic N) is 1. The van der Waals surface area contributed by atoms with Gasteiger partial charge in [0.15, 0.2) is 0 Å². The summed E-state index contributed by atoms with van der Waals surface area (Å²) in [7, 11) is 0. The molecule has 0 fully saturated rings.